The zero-order valence-corrected chi connectivity index (χ0v) is 15.5. The third-order valence-electron chi connectivity index (χ3n) is 4.38. The second-order valence-electron chi connectivity index (χ2n) is 6.24. The minimum absolute atomic E-state index is 0.00145. The van der Waals surface area contributed by atoms with Gasteiger partial charge < -0.3 is 10.2 Å². The maximum absolute atomic E-state index is 11.8. The van der Waals surface area contributed by atoms with E-state index in [0.717, 1.165) is 5.69 Å². The highest BCUT2D eigenvalue weighted by Gasteiger charge is 2.32. The molecule has 26 heavy (non-hydrogen) atoms. The molecule has 1 aliphatic rings. The summed E-state index contributed by atoms with van der Waals surface area (Å²) in [6.07, 6.45) is 2.13. The van der Waals surface area contributed by atoms with E-state index < -0.39 is 9.84 Å². The number of benzene rings is 1. The number of carbonyl (C=O) groups excluding carboxylic acids is 1. The topological polar surface area (TPSA) is 105 Å². The number of rotatable bonds is 6. The predicted molar refractivity (Wildman–Crippen MR) is 99.6 cm³/mol. The van der Waals surface area contributed by atoms with E-state index in [9.17, 15) is 13.2 Å². The number of nitrogens with zero attached hydrogens (tertiary/aromatic N) is 4. The Hall–Kier alpha value is -2.55. The lowest BCUT2D eigenvalue weighted by Gasteiger charge is -2.27. The summed E-state index contributed by atoms with van der Waals surface area (Å²) in [5, 5.41) is 11.0. The number of anilines is 3. The molecule has 8 nitrogen and oxygen atoms in total. The van der Waals surface area contributed by atoms with Gasteiger partial charge in [-0.15, -0.1) is 5.10 Å². The number of Topliss-reactive ketones (excluding diaryl/α,β-unsaturated/α-hetero) is 1. The molecule has 9 heteroatoms. The normalized spacial score (nSPS) is 18.5. The lowest BCUT2D eigenvalue weighted by atomic mass is 10.1. The molecule has 0 aliphatic carbocycles. The highest BCUT2D eigenvalue weighted by molar-refractivity contribution is 7.91. The van der Waals surface area contributed by atoms with Gasteiger partial charge in [0.1, 0.15) is 0 Å². The van der Waals surface area contributed by atoms with E-state index >= 15 is 0 Å². The van der Waals surface area contributed by atoms with Gasteiger partial charge in [-0.05, 0) is 44.5 Å². The fraction of sp³-hybridized carbons (Fsp3) is 0.412. The summed E-state index contributed by atoms with van der Waals surface area (Å²) >= 11 is 0. The van der Waals surface area contributed by atoms with Crippen molar-refractivity contribution >= 4 is 33.1 Å². The van der Waals surface area contributed by atoms with Gasteiger partial charge in [0.2, 0.25) is 5.95 Å². The van der Waals surface area contributed by atoms with Crippen LogP contribution >= 0.6 is 0 Å². The molecule has 1 fully saturated rings. The van der Waals surface area contributed by atoms with Gasteiger partial charge in [0.25, 0.3) is 0 Å². The lowest BCUT2D eigenvalue weighted by molar-refractivity contribution is 0.101. The lowest BCUT2D eigenvalue weighted by Crippen LogP contribution is -2.37. The number of ketones is 1. The smallest absolute Gasteiger partial charge is 0.249 e. The predicted octanol–water partition coefficient (Wildman–Crippen LogP) is 1.83. The Morgan fingerprint density at radius 2 is 2.04 bits per heavy atom. The van der Waals surface area contributed by atoms with Crippen LogP contribution in [-0.4, -0.2) is 53.5 Å². The Morgan fingerprint density at radius 1 is 1.31 bits per heavy atom. The minimum atomic E-state index is -2.98. The molecule has 1 N–H and O–H groups in total. The molecule has 0 bridgehead atoms. The summed E-state index contributed by atoms with van der Waals surface area (Å²) in [6.45, 7) is 4.10. The maximum atomic E-state index is 11.8. The van der Waals surface area contributed by atoms with Crippen molar-refractivity contribution < 1.29 is 13.2 Å². The summed E-state index contributed by atoms with van der Waals surface area (Å²) in [7, 11) is -2.98. The standard InChI is InChI=1S/C17H21N5O3S/c1-3-22(15-8-9-26(24,25)11-15)16-10-18-21-17(20-16)19-14-6-4-13(5-7-14)12(2)23/h4-7,10,15H,3,8-9,11H2,1-2H3,(H,19,20,21). The van der Waals surface area contributed by atoms with Crippen LogP contribution in [0.2, 0.25) is 0 Å². The Bertz CT molecular complexity index is 899. The molecule has 0 radical (unpaired) electrons. The molecule has 1 aliphatic heterocycles. The van der Waals surface area contributed by atoms with Crippen LogP contribution < -0.4 is 10.2 Å². The van der Waals surface area contributed by atoms with Gasteiger partial charge in [-0.3, -0.25) is 4.79 Å². The maximum Gasteiger partial charge on any atom is 0.249 e. The number of aromatic nitrogens is 3. The first-order chi connectivity index (χ1) is 12.4. The second kappa shape index (κ2) is 7.36. The Labute approximate surface area is 152 Å². The van der Waals surface area contributed by atoms with Crippen molar-refractivity contribution in [3.8, 4) is 0 Å². The first-order valence-electron chi connectivity index (χ1n) is 8.43. The van der Waals surface area contributed by atoms with Crippen molar-refractivity contribution in [2.75, 3.05) is 28.3 Å². The number of nitrogens with one attached hydrogen (secondary N) is 1. The molecular formula is C17H21N5O3S. The molecule has 0 saturated carbocycles. The van der Waals surface area contributed by atoms with Crippen molar-refractivity contribution in [3.63, 3.8) is 0 Å². The molecule has 1 aromatic carbocycles. The van der Waals surface area contributed by atoms with E-state index in [4.69, 9.17) is 0 Å². The van der Waals surface area contributed by atoms with E-state index in [0.29, 0.717) is 30.3 Å². The third-order valence-corrected chi connectivity index (χ3v) is 6.13. The van der Waals surface area contributed by atoms with Gasteiger partial charge in [0.15, 0.2) is 21.4 Å². The number of carbonyl (C=O) groups is 1. The fourth-order valence-electron chi connectivity index (χ4n) is 3.03. The molecular weight excluding hydrogens is 354 g/mol. The summed E-state index contributed by atoms with van der Waals surface area (Å²) in [4.78, 5) is 17.8. The molecule has 1 aromatic heterocycles. The van der Waals surface area contributed by atoms with E-state index in [-0.39, 0.29) is 23.3 Å². The molecule has 1 saturated heterocycles. The first kappa shape index (κ1) is 18.2. The van der Waals surface area contributed by atoms with Crippen LogP contribution in [0.4, 0.5) is 17.5 Å². The molecule has 1 atom stereocenters. The molecule has 2 heterocycles. The Morgan fingerprint density at radius 3 is 2.62 bits per heavy atom. The van der Waals surface area contributed by atoms with Crippen LogP contribution in [0.5, 0.6) is 0 Å². The number of hydrogen-bond donors (Lipinski definition) is 1. The SMILES string of the molecule is CCN(c1cnnc(Nc2ccc(C(C)=O)cc2)n1)C1CCS(=O)(=O)C1. The zero-order chi connectivity index (χ0) is 18.7. The van der Waals surface area contributed by atoms with E-state index in [1.54, 1.807) is 30.5 Å². The van der Waals surface area contributed by atoms with Crippen LogP contribution in [0.3, 0.4) is 0 Å². The quantitative estimate of drug-likeness (QED) is 0.763. The summed E-state index contributed by atoms with van der Waals surface area (Å²) in [5.74, 6) is 1.26. The minimum Gasteiger partial charge on any atom is -0.351 e. The van der Waals surface area contributed by atoms with Crippen molar-refractivity contribution in [3.05, 3.63) is 36.0 Å². The number of hydrogen-bond acceptors (Lipinski definition) is 8. The van der Waals surface area contributed by atoms with Gasteiger partial charge in [0.05, 0.1) is 17.7 Å². The van der Waals surface area contributed by atoms with Gasteiger partial charge in [-0.25, -0.2) is 8.42 Å². The van der Waals surface area contributed by atoms with Crippen molar-refractivity contribution in [2.45, 2.75) is 26.3 Å². The number of sulfone groups is 1. The summed E-state index contributed by atoms with van der Waals surface area (Å²) in [6, 6.07) is 6.90. The Balaban J connectivity index is 1.77. The van der Waals surface area contributed by atoms with Crippen molar-refractivity contribution in [2.24, 2.45) is 0 Å². The van der Waals surface area contributed by atoms with Crippen LogP contribution in [0.25, 0.3) is 0 Å². The van der Waals surface area contributed by atoms with Crippen LogP contribution in [0.1, 0.15) is 30.6 Å². The summed E-state index contributed by atoms with van der Waals surface area (Å²) < 4.78 is 23.5. The highest BCUT2D eigenvalue weighted by atomic mass is 32.2. The van der Waals surface area contributed by atoms with E-state index in [1.165, 1.54) is 6.92 Å². The van der Waals surface area contributed by atoms with E-state index in [2.05, 4.69) is 20.5 Å². The molecule has 0 amide bonds. The molecule has 2 aromatic rings. The average Bonchev–Trinajstić information content (AvgIpc) is 2.96. The third kappa shape index (κ3) is 4.16. The highest BCUT2D eigenvalue weighted by Crippen LogP contribution is 2.23. The van der Waals surface area contributed by atoms with Crippen LogP contribution in [0, 0.1) is 0 Å². The Kier molecular flexibility index (Phi) is 5.17. The zero-order valence-electron chi connectivity index (χ0n) is 14.7. The molecule has 3 rings (SSSR count). The average molecular weight is 375 g/mol. The van der Waals surface area contributed by atoms with Crippen molar-refractivity contribution in [1.29, 1.82) is 0 Å². The summed E-state index contributed by atoms with van der Waals surface area (Å²) in [5.41, 5.74) is 1.36. The van der Waals surface area contributed by atoms with Gasteiger partial charge in [-0.1, -0.05) is 0 Å². The first-order valence-corrected chi connectivity index (χ1v) is 10.2. The van der Waals surface area contributed by atoms with Gasteiger partial charge in [0, 0.05) is 23.8 Å². The fourth-order valence-corrected chi connectivity index (χ4v) is 4.76. The van der Waals surface area contributed by atoms with Crippen molar-refractivity contribution in [1.82, 2.24) is 15.2 Å². The monoisotopic (exact) mass is 375 g/mol. The van der Waals surface area contributed by atoms with E-state index in [1.807, 2.05) is 11.8 Å². The largest absolute Gasteiger partial charge is 0.351 e. The molecule has 138 valence electrons. The van der Waals surface area contributed by atoms with Crippen LogP contribution in [0.15, 0.2) is 30.5 Å². The molecule has 1 unspecified atom stereocenters. The molecule has 0 spiro atoms. The van der Waals surface area contributed by atoms with Gasteiger partial charge >= 0.3 is 0 Å². The van der Waals surface area contributed by atoms with Crippen LogP contribution in [-0.2, 0) is 9.84 Å². The van der Waals surface area contributed by atoms with Gasteiger partial charge in [-0.2, -0.15) is 10.1 Å². The second-order valence-corrected chi connectivity index (χ2v) is 8.47.